The molecule has 3 heteroatoms. The van der Waals surface area contributed by atoms with Gasteiger partial charge in [0.25, 0.3) is 0 Å². The van der Waals surface area contributed by atoms with E-state index in [2.05, 4.69) is 65.2 Å². The van der Waals surface area contributed by atoms with Crippen molar-refractivity contribution in [2.75, 3.05) is 0 Å². The van der Waals surface area contributed by atoms with E-state index < -0.39 is 0 Å². The van der Waals surface area contributed by atoms with Crippen molar-refractivity contribution in [1.29, 1.82) is 0 Å². The SMILES string of the molecule is c1ccc2c(c1)Cc1c-2c2c(c3c1c1ncccc1n1ccnc31)-c1ccccc1C2. The van der Waals surface area contributed by atoms with Gasteiger partial charge in [-0.3, -0.25) is 9.38 Å². The molecule has 0 amide bonds. The van der Waals surface area contributed by atoms with Gasteiger partial charge in [0.2, 0.25) is 0 Å². The zero-order chi connectivity index (χ0) is 20.1. The van der Waals surface area contributed by atoms with Crippen LogP contribution in [0, 0.1) is 0 Å². The first-order chi connectivity index (χ1) is 15.4. The first-order valence-corrected chi connectivity index (χ1v) is 10.8. The smallest absolute Gasteiger partial charge is 0.145 e. The minimum atomic E-state index is 0.953. The Kier molecular flexibility index (Phi) is 2.74. The van der Waals surface area contributed by atoms with E-state index in [-0.39, 0.29) is 0 Å². The number of pyridine rings is 2. The van der Waals surface area contributed by atoms with Gasteiger partial charge in [-0.25, -0.2) is 4.98 Å². The highest BCUT2D eigenvalue weighted by Crippen LogP contribution is 2.53. The molecule has 0 N–H and O–H groups in total. The third kappa shape index (κ3) is 1.81. The first-order valence-electron chi connectivity index (χ1n) is 10.8. The Labute approximate surface area is 178 Å². The molecule has 31 heavy (non-hydrogen) atoms. The third-order valence-corrected chi connectivity index (χ3v) is 7.16. The molecular formula is C28H17N3. The highest BCUT2D eigenvalue weighted by atomic mass is 15.0. The van der Waals surface area contributed by atoms with Gasteiger partial charge in [0, 0.05) is 29.4 Å². The second-order valence-corrected chi connectivity index (χ2v) is 8.62. The molecule has 0 atom stereocenters. The molecule has 0 saturated carbocycles. The Morgan fingerprint density at radius 1 is 0.645 bits per heavy atom. The van der Waals surface area contributed by atoms with E-state index in [1.807, 2.05) is 18.5 Å². The van der Waals surface area contributed by atoms with Gasteiger partial charge < -0.3 is 0 Å². The molecule has 0 spiro atoms. The zero-order valence-electron chi connectivity index (χ0n) is 16.8. The van der Waals surface area contributed by atoms with E-state index in [1.165, 1.54) is 55.3 Å². The fraction of sp³-hybridized carbons (Fsp3) is 0.0714. The number of benzene rings is 3. The predicted molar refractivity (Wildman–Crippen MR) is 124 cm³/mol. The fourth-order valence-corrected chi connectivity index (χ4v) is 6.00. The summed E-state index contributed by atoms with van der Waals surface area (Å²) in [7, 11) is 0. The molecule has 0 radical (unpaired) electrons. The molecule has 3 aromatic heterocycles. The predicted octanol–water partition coefficient (Wildman–Crippen LogP) is 6.18. The Hall–Kier alpha value is -3.98. The molecule has 2 aliphatic rings. The van der Waals surface area contributed by atoms with Gasteiger partial charge in [-0.05, 0) is 69.5 Å². The normalized spacial score (nSPS) is 13.5. The van der Waals surface area contributed by atoms with E-state index >= 15 is 0 Å². The lowest BCUT2D eigenvalue weighted by atomic mass is 9.88. The standard InChI is InChI=1S/C28H17N3/c1-3-8-18-16(6-1)15-21-23(18)20-14-17-7-2-4-9-19(17)24(20)26-25(21)27-22(10-5-11-29-27)31-13-12-30-28(26)31/h1-13H,14-15H2. The summed E-state index contributed by atoms with van der Waals surface area (Å²) in [5, 5.41) is 2.53. The number of hydrogen-bond acceptors (Lipinski definition) is 2. The molecule has 0 unspecified atom stereocenters. The fourth-order valence-electron chi connectivity index (χ4n) is 6.00. The van der Waals surface area contributed by atoms with Crippen molar-refractivity contribution in [1.82, 2.24) is 14.4 Å². The third-order valence-electron chi connectivity index (χ3n) is 7.16. The molecule has 8 rings (SSSR count). The lowest BCUT2D eigenvalue weighted by Crippen LogP contribution is -1.99. The average Bonchev–Trinajstić information content (AvgIpc) is 3.53. The lowest BCUT2D eigenvalue weighted by Gasteiger charge is -2.17. The maximum absolute atomic E-state index is 4.91. The molecule has 0 saturated heterocycles. The van der Waals surface area contributed by atoms with Crippen molar-refractivity contribution < 1.29 is 0 Å². The van der Waals surface area contributed by atoms with E-state index in [4.69, 9.17) is 9.97 Å². The topological polar surface area (TPSA) is 30.2 Å². The van der Waals surface area contributed by atoms with E-state index in [9.17, 15) is 0 Å². The van der Waals surface area contributed by atoms with Gasteiger partial charge in [-0.2, -0.15) is 0 Å². The van der Waals surface area contributed by atoms with Crippen molar-refractivity contribution in [3.05, 3.63) is 102 Å². The van der Waals surface area contributed by atoms with Crippen LogP contribution in [0.4, 0.5) is 0 Å². The van der Waals surface area contributed by atoms with Gasteiger partial charge >= 0.3 is 0 Å². The molecule has 3 heterocycles. The van der Waals surface area contributed by atoms with Crippen molar-refractivity contribution >= 4 is 27.5 Å². The summed E-state index contributed by atoms with van der Waals surface area (Å²) in [6.07, 6.45) is 7.82. The van der Waals surface area contributed by atoms with Crippen molar-refractivity contribution in [2.24, 2.45) is 0 Å². The molecule has 3 nitrogen and oxygen atoms in total. The minimum Gasteiger partial charge on any atom is -0.298 e. The summed E-state index contributed by atoms with van der Waals surface area (Å²) >= 11 is 0. The molecule has 2 aliphatic carbocycles. The van der Waals surface area contributed by atoms with Crippen LogP contribution in [0.1, 0.15) is 22.3 Å². The van der Waals surface area contributed by atoms with E-state index in [0.29, 0.717) is 0 Å². The average molecular weight is 395 g/mol. The van der Waals surface area contributed by atoms with Crippen LogP contribution in [0.3, 0.4) is 0 Å². The van der Waals surface area contributed by atoms with Gasteiger partial charge in [0.05, 0.1) is 11.0 Å². The zero-order valence-corrected chi connectivity index (χ0v) is 16.8. The summed E-state index contributed by atoms with van der Waals surface area (Å²) < 4.78 is 2.21. The van der Waals surface area contributed by atoms with Crippen molar-refractivity contribution in [3.8, 4) is 22.3 Å². The van der Waals surface area contributed by atoms with Crippen LogP contribution in [-0.4, -0.2) is 14.4 Å². The number of imidazole rings is 1. The van der Waals surface area contributed by atoms with Gasteiger partial charge in [0.15, 0.2) is 0 Å². The highest BCUT2D eigenvalue weighted by molar-refractivity contribution is 6.21. The van der Waals surface area contributed by atoms with Crippen LogP contribution in [0.25, 0.3) is 49.7 Å². The van der Waals surface area contributed by atoms with Gasteiger partial charge in [-0.15, -0.1) is 0 Å². The summed E-state index contributed by atoms with van der Waals surface area (Å²) in [5.74, 6) is 0. The van der Waals surface area contributed by atoms with Crippen molar-refractivity contribution in [3.63, 3.8) is 0 Å². The number of hydrogen-bond donors (Lipinski definition) is 0. The largest absolute Gasteiger partial charge is 0.298 e. The summed E-state index contributed by atoms with van der Waals surface area (Å²) in [6, 6.07) is 21.9. The maximum Gasteiger partial charge on any atom is 0.145 e. The number of rotatable bonds is 0. The molecule has 0 aliphatic heterocycles. The quantitative estimate of drug-likeness (QED) is 0.287. The summed E-state index contributed by atoms with van der Waals surface area (Å²) in [5.41, 5.74) is 14.4. The lowest BCUT2D eigenvalue weighted by molar-refractivity contribution is 1.23. The number of nitrogens with zero attached hydrogens (tertiary/aromatic N) is 3. The first kappa shape index (κ1) is 15.8. The second-order valence-electron chi connectivity index (χ2n) is 8.62. The summed E-state index contributed by atoms with van der Waals surface area (Å²) in [6.45, 7) is 0. The van der Waals surface area contributed by atoms with Gasteiger partial charge in [0.1, 0.15) is 5.65 Å². The van der Waals surface area contributed by atoms with Crippen LogP contribution in [-0.2, 0) is 12.8 Å². The highest BCUT2D eigenvalue weighted by Gasteiger charge is 2.33. The molecule has 144 valence electrons. The summed E-state index contributed by atoms with van der Waals surface area (Å²) in [4.78, 5) is 9.77. The van der Waals surface area contributed by atoms with Crippen LogP contribution >= 0.6 is 0 Å². The van der Waals surface area contributed by atoms with Crippen LogP contribution in [0.15, 0.2) is 79.3 Å². The Bertz CT molecular complexity index is 1740. The van der Waals surface area contributed by atoms with Crippen LogP contribution in [0.5, 0.6) is 0 Å². The van der Waals surface area contributed by atoms with Crippen LogP contribution < -0.4 is 0 Å². The van der Waals surface area contributed by atoms with Crippen LogP contribution in [0.2, 0.25) is 0 Å². The second kappa shape index (κ2) is 5.38. The Morgan fingerprint density at radius 2 is 1.39 bits per heavy atom. The maximum atomic E-state index is 4.91. The number of fused-ring (bicyclic) bond motifs is 15. The molecule has 0 bridgehead atoms. The Balaban J connectivity index is 1.72. The molecule has 3 aromatic carbocycles. The van der Waals surface area contributed by atoms with Gasteiger partial charge in [-0.1, -0.05) is 48.5 Å². The number of aromatic nitrogens is 3. The molecule has 0 fully saturated rings. The van der Waals surface area contributed by atoms with Crippen molar-refractivity contribution in [2.45, 2.75) is 12.8 Å². The van der Waals surface area contributed by atoms with E-state index in [1.54, 1.807) is 0 Å². The Morgan fingerprint density at radius 3 is 2.23 bits per heavy atom. The van der Waals surface area contributed by atoms with E-state index in [0.717, 1.165) is 29.5 Å². The minimum absolute atomic E-state index is 0.953. The molecular weight excluding hydrogens is 378 g/mol. The monoisotopic (exact) mass is 395 g/mol. The molecule has 6 aromatic rings.